The Labute approximate surface area is 220 Å². The molecule has 182 valence electrons. The molecule has 0 spiro atoms. The highest BCUT2D eigenvalue weighted by Gasteiger charge is 2.40. The fraction of sp³-hybridized carbons (Fsp3) is 0.167. The van der Waals surface area contributed by atoms with Crippen molar-refractivity contribution in [2.75, 3.05) is 24.0 Å². The van der Waals surface area contributed by atoms with Gasteiger partial charge in [0, 0.05) is 17.8 Å². The number of fused-ring (bicyclic) bond motifs is 1. The molecular formula is C30H27BrN2O3. The van der Waals surface area contributed by atoms with Gasteiger partial charge in [-0.15, -0.1) is 0 Å². The Kier molecular flexibility index (Phi) is 6.70. The third-order valence-corrected chi connectivity index (χ3v) is 7.05. The minimum Gasteiger partial charge on any atom is -0.493 e. The number of carbonyl (C=O) groups excluding carboxylic acids is 1. The minimum absolute atomic E-state index is 0.0466. The number of methoxy groups -OCH3 is 2. The van der Waals surface area contributed by atoms with Gasteiger partial charge < -0.3 is 14.4 Å². The van der Waals surface area contributed by atoms with E-state index in [1.807, 2.05) is 90.7 Å². The molecule has 1 aliphatic rings. The lowest BCUT2D eigenvalue weighted by Crippen LogP contribution is -2.49. The van der Waals surface area contributed by atoms with Gasteiger partial charge in [-0.1, -0.05) is 60.2 Å². The molecule has 0 saturated carbocycles. The molecule has 0 fully saturated rings. The number of hydrogen-bond donors (Lipinski definition) is 0. The highest BCUT2D eigenvalue weighted by Crippen LogP contribution is 2.46. The molecule has 4 aromatic carbocycles. The van der Waals surface area contributed by atoms with Crippen molar-refractivity contribution in [2.24, 2.45) is 0 Å². The highest BCUT2D eigenvalue weighted by atomic mass is 79.9. The molecule has 0 N–H and O–H groups in total. The van der Waals surface area contributed by atoms with Crippen LogP contribution < -0.4 is 19.3 Å². The molecule has 0 radical (unpaired) electrons. The molecule has 36 heavy (non-hydrogen) atoms. The summed E-state index contributed by atoms with van der Waals surface area (Å²) in [5, 5.41) is 0. The maximum Gasteiger partial charge on any atom is 0.262 e. The van der Waals surface area contributed by atoms with Gasteiger partial charge in [0.25, 0.3) is 5.91 Å². The summed E-state index contributed by atoms with van der Waals surface area (Å²) in [5.41, 5.74) is 5.58. The number of amides is 1. The van der Waals surface area contributed by atoms with Crippen molar-refractivity contribution in [1.29, 1.82) is 0 Å². The fourth-order valence-electron chi connectivity index (χ4n) is 4.75. The van der Waals surface area contributed by atoms with Crippen LogP contribution in [0.5, 0.6) is 11.5 Å². The van der Waals surface area contributed by atoms with Crippen LogP contribution in [0.2, 0.25) is 0 Å². The van der Waals surface area contributed by atoms with Crippen LogP contribution in [-0.2, 0) is 6.54 Å². The summed E-state index contributed by atoms with van der Waals surface area (Å²) in [6, 6.07) is 30.2. The average molecular weight is 543 g/mol. The smallest absolute Gasteiger partial charge is 0.262 e. The second-order valence-corrected chi connectivity index (χ2v) is 9.61. The van der Waals surface area contributed by atoms with E-state index in [1.54, 1.807) is 14.2 Å². The summed E-state index contributed by atoms with van der Waals surface area (Å²) in [6.07, 6.45) is -0.425. The summed E-state index contributed by atoms with van der Waals surface area (Å²) in [5.74, 6) is 1.16. The number of ether oxygens (including phenoxy) is 2. The summed E-state index contributed by atoms with van der Waals surface area (Å²) < 4.78 is 12.0. The SMILES string of the molecule is COc1cc([C@H]2N(Cc3ccccc3)c3ccccc3C(=O)N2c2ccc(C)cc2)cc(Br)c1OC. The quantitative estimate of drug-likeness (QED) is 0.259. The minimum atomic E-state index is -0.425. The van der Waals surface area contributed by atoms with E-state index in [0.29, 0.717) is 23.6 Å². The molecular weight excluding hydrogens is 516 g/mol. The Morgan fingerprint density at radius 2 is 1.56 bits per heavy atom. The van der Waals surface area contributed by atoms with Crippen molar-refractivity contribution in [3.05, 3.63) is 118 Å². The third kappa shape index (κ3) is 4.33. The lowest BCUT2D eigenvalue weighted by Gasteiger charge is -2.46. The first-order chi connectivity index (χ1) is 17.5. The molecule has 0 saturated heterocycles. The average Bonchev–Trinajstić information content (AvgIpc) is 2.91. The van der Waals surface area contributed by atoms with Gasteiger partial charge in [0.2, 0.25) is 0 Å². The number of benzene rings is 4. The topological polar surface area (TPSA) is 42.0 Å². The van der Waals surface area contributed by atoms with Gasteiger partial charge in [-0.05, 0) is 64.8 Å². The molecule has 1 aliphatic heterocycles. The zero-order valence-electron chi connectivity index (χ0n) is 20.4. The van der Waals surface area contributed by atoms with Gasteiger partial charge in [0.05, 0.1) is 29.9 Å². The molecule has 5 rings (SSSR count). The van der Waals surface area contributed by atoms with Crippen molar-refractivity contribution in [1.82, 2.24) is 0 Å². The van der Waals surface area contributed by atoms with Gasteiger partial charge >= 0.3 is 0 Å². The molecule has 5 nitrogen and oxygen atoms in total. The van der Waals surface area contributed by atoms with E-state index in [2.05, 4.69) is 33.0 Å². The number of para-hydroxylation sites is 1. The maximum absolute atomic E-state index is 14.1. The fourth-order valence-corrected chi connectivity index (χ4v) is 5.37. The Balaban J connectivity index is 1.76. The van der Waals surface area contributed by atoms with Crippen LogP contribution in [0.15, 0.2) is 95.5 Å². The van der Waals surface area contributed by atoms with Gasteiger partial charge in [-0.3, -0.25) is 9.69 Å². The van der Waals surface area contributed by atoms with E-state index in [4.69, 9.17) is 9.47 Å². The number of hydrogen-bond acceptors (Lipinski definition) is 4. The molecule has 0 bridgehead atoms. The molecule has 0 aliphatic carbocycles. The number of halogens is 1. The van der Waals surface area contributed by atoms with E-state index in [9.17, 15) is 4.79 Å². The van der Waals surface area contributed by atoms with Gasteiger partial charge in [-0.25, -0.2) is 0 Å². The van der Waals surface area contributed by atoms with Crippen molar-refractivity contribution < 1.29 is 14.3 Å². The van der Waals surface area contributed by atoms with Gasteiger partial charge in [0.15, 0.2) is 11.5 Å². The summed E-state index contributed by atoms with van der Waals surface area (Å²) in [4.78, 5) is 18.2. The van der Waals surface area contributed by atoms with Crippen molar-refractivity contribution >= 4 is 33.2 Å². The second kappa shape index (κ2) is 10.1. The number of aryl methyl sites for hydroxylation is 1. The van der Waals surface area contributed by atoms with Crippen LogP contribution in [0.1, 0.15) is 33.2 Å². The molecule has 1 heterocycles. The number of rotatable bonds is 6. The van der Waals surface area contributed by atoms with Crippen LogP contribution in [-0.4, -0.2) is 20.1 Å². The summed E-state index contributed by atoms with van der Waals surface area (Å²) >= 11 is 3.66. The second-order valence-electron chi connectivity index (χ2n) is 8.75. The number of anilines is 2. The van der Waals surface area contributed by atoms with Gasteiger partial charge in [0.1, 0.15) is 6.17 Å². The van der Waals surface area contributed by atoms with Crippen molar-refractivity contribution in [2.45, 2.75) is 19.6 Å². The lowest BCUT2D eigenvalue weighted by molar-refractivity contribution is 0.0968. The van der Waals surface area contributed by atoms with Crippen LogP contribution >= 0.6 is 15.9 Å². The third-order valence-electron chi connectivity index (χ3n) is 6.46. The Bertz CT molecular complexity index is 1390. The Morgan fingerprint density at radius 3 is 2.25 bits per heavy atom. The first-order valence-electron chi connectivity index (χ1n) is 11.7. The van der Waals surface area contributed by atoms with Crippen LogP contribution in [0.4, 0.5) is 11.4 Å². The first-order valence-corrected chi connectivity index (χ1v) is 12.5. The predicted octanol–water partition coefficient (Wildman–Crippen LogP) is 7.14. The molecule has 0 aromatic heterocycles. The highest BCUT2D eigenvalue weighted by molar-refractivity contribution is 9.10. The Hall–Kier alpha value is -3.77. The zero-order chi connectivity index (χ0) is 25.2. The molecule has 4 aromatic rings. The van der Waals surface area contributed by atoms with E-state index < -0.39 is 6.17 Å². The molecule has 1 amide bonds. The normalized spacial score (nSPS) is 15.0. The predicted molar refractivity (Wildman–Crippen MR) is 147 cm³/mol. The monoisotopic (exact) mass is 542 g/mol. The standard InChI is InChI=1S/C30H27BrN2O3/c1-20-13-15-23(16-14-20)33-29(22-17-25(31)28(36-3)27(18-22)35-2)32(19-21-9-5-4-6-10-21)26-12-8-7-11-24(26)30(33)34/h4-18,29H,19H2,1-3H3/t29-/m0/s1. The van der Waals surface area contributed by atoms with Crippen LogP contribution in [0.3, 0.4) is 0 Å². The van der Waals surface area contributed by atoms with Gasteiger partial charge in [-0.2, -0.15) is 0 Å². The summed E-state index contributed by atoms with van der Waals surface area (Å²) in [7, 11) is 3.23. The van der Waals surface area contributed by atoms with E-state index in [-0.39, 0.29) is 5.91 Å². The summed E-state index contributed by atoms with van der Waals surface area (Å²) in [6.45, 7) is 2.66. The maximum atomic E-state index is 14.1. The lowest BCUT2D eigenvalue weighted by atomic mass is 9.98. The first kappa shape index (κ1) is 23.9. The van der Waals surface area contributed by atoms with E-state index >= 15 is 0 Å². The van der Waals surface area contributed by atoms with Crippen LogP contribution in [0, 0.1) is 6.92 Å². The molecule has 6 heteroatoms. The number of nitrogens with zero attached hydrogens (tertiary/aromatic N) is 2. The molecule has 0 unspecified atom stereocenters. The largest absolute Gasteiger partial charge is 0.493 e. The number of carbonyl (C=O) groups is 1. The Morgan fingerprint density at radius 1 is 0.861 bits per heavy atom. The van der Waals surface area contributed by atoms with E-state index in [1.165, 1.54) is 0 Å². The van der Waals surface area contributed by atoms with E-state index in [0.717, 1.165) is 32.5 Å². The van der Waals surface area contributed by atoms with Crippen molar-refractivity contribution in [3.8, 4) is 11.5 Å². The van der Waals surface area contributed by atoms with Crippen LogP contribution in [0.25, 0.3) is 0 Å². The van der Waals surface area contributed by atoms with Crippen molar-refractivity contribution in [3.63, 3.8) is 0 Å². The molecule has 1 atom stereocenters. The zero-order valence-corrected chi connectivity index (χ0v) is 22.0.